The number of amides is 2. The number of nitrogens with zero attached hydrogens (tertiary/aromatic N) is 2. The van der Waals surface area contributed by atoms with Gasteiger partial charge in [-0.05, 0) is 42.9 Å². The first-order valence-corrected chi connectivity index (χ1v) is 9.54. The van der Waals surface area contributed by atoms with Crippen molar-refractivity contribution in [1.29, 1.82) is 0 Å². The lowest BCUT2D eigenvalue weighted by molar-refractivity contribution is -0.141. The lowest BCUT2D eigenvalue weighted by atomic mass is 9.92. The quantitative estimate of drug-likeness (QED) is 0.863. The Balaban J connectivity index is 1.78. The molecule has 0 saturated carbocycles. The zero-order chi connectivity index (χ0) is 19.4. The van der Waals surface area contributed by atoms with Crippen molar-refractivity contribution in [3.05, 3.63) is 41.6 Å². The lowest BCUT2D eigenvalue weighted by Gasteiger charge is -2.38. The van der Waals surface area contributed by atoms with E-state index in [-0.39, 0.29) is 36.7 Å². The second-order valence-corrected chi connectivity index (χ2v) is 7.26. The Morgan fingerprint density at radius 1 is 1.19 bits per heavy atom. The molecule has 0 aliphatic carbocycles. The molecule has 2 amide bonds. The number of carbonyl (C=O) groups excluding carboxylic acids is 2. The summed E-state index contributed by atoms with van der Waals surface area (Å²) in [7, 11) is 0. The largest absolute Gasteiger partial charge is 0.481 e. The number of aliphatic carboxylic acids is 1. The minimum Gasteiger partial charge on any atom is -0.481 e. The van der Waals surface area contributed by atoms with Gasteiger partial charge in [0, 0.05) is 32.1 Å². The second kappa shape index (κ2) is 8.37. The van der Waals surface area contributed by atoms with Gasteiger partial charge in [-0.25, -0.2) is 0 Å². The fraction of sp³-hybridized carbons (Fsp3) is 0.476. The van der Waals surface area contributed by atoms with E-state index in [1.807, 2.05) is 35.2 Å². The maximum atomic E-state index is 13.1. The van der Waals surface area contributed by atoms with Crippen molar-refractivity contribution in [2.24, 2.45) is 0 Å². The highest BCUT2D eigenvalue weighted by Gasteiger charge is 2.33. The Hall–Kier alpha value is -2.63. The molecule has 0 bridgehead atoms. The number of carboxylic acid groups (broad SMARTS) is 1. The predicted molar refractivity (Wildman–Crippen MR) is 102 cm³/mol. The third kappa shape index (κ3) is 4.38. The van der Waals surface area contributed by atoms with Crippen LogP contribution in [0.5, 0.6) is 0 Å². The van der Waals surface area contributed by atoms with Gasteiger partial charge in [-0.2, -0.15) is 0 Å². The molecular weight excluding hydrogens is 344 g/mol. The second-order valence-electron chi connectivity index (χ2n) is 7.26. The van der Waals surface area contributed by atoms with Crippen LogP contribution in [0.15, 0.2) is 30.5 Å². The van der Waals surface area contributed by atoms with Gasteiger partial charge in [-0.1, -0.05) is 24.3 Å². The Kier molecular flexibility index (Phi) is 5.94. The van der Waals surface area contributed by atoms with Crippen LogP contribution >= 0.6 is 0 Å². The molecule has 0 aromatic heterocycles. The van der Waals surface area contributed by atoms with E-state index in [0.29, 0.717) is 13.0 Å². The molecule has 27 heavy (non-hydrogen) atoms. The SMILES string of the molecule is CC(=O)N1C=Cc2ccccc2[C@@H]1CC(=O)N1CCCC[C@H]1CCC(=O)O. The number of benzene rings is 1. The van der Waals surface area contributed by atoms with Gasteiger partial charge >= 0.3 is 5.97 Å². The molecule has 1 aromatic carbocycles. The summed E-state index contributed by atoms with van der Waals surface area (Å²) < 4.78 is 0. The monoisotopic (exact) mass is 370 g/mol. The van der Waals surface area contributed by atoms with Crippen molar-refractivity contribution in [2.75, 3.05) is 6.54 Å². The molecule has 6 nitrogen and oxygen atoms in total. The Bertz CT molecular complexity index is 758. The normalized spacial score (nSPS) is 21.7. The number of piperidine rings is 1. The van der Waals surface area contributed by atoms with Crippen molar-refractivity contribution in [2.45, 2.75) is 57.5 Å². The van der Waals surface area contributed by atoms with Crippen molar-refractivity contribution >= 4 is 23.9 Å². The average molecular weight is 370 g/mol. The molecule has 0 radical (unpaired) electrons. The number of hydrogen-bond acceptors (Lipinski definition) is 3. The van der Waals surface area contributed by atoms with Crippen LogP contribution < -0.4 is 0 Å². The molecule has 2 heterocycles. The third-order valence-electron chi connectivity index (χ3n) is 5.48. The fourth-order valence-corrected chi connectivity index (χ4v) is 4.11. The standard InChI is InChI=1S/C21H26N2O4/c1-15(24)22-13-11-16-6-2-3-8-18(16)19(22)14-20(25)23-12-5-4-7-17(23)9-10-21(26)27/h2-3,6,8,11,13,17,19H,4-5,7,9-10,12,14H2,1H3,(H,26,27)/t17-,19-/m0/s1. The molecule has 1 saturated heterocycles. The zero-order valence-corrected chi connectivity index (χ0v) is 15.6. The van der Waals surface area contributed by atoms with Gasteiger partial charge in [0.2, 0.25) is 11.8 Å². The smallest absolute Gasteiger partial charge is 0.303 e. The summed E-state index contributed by atoms with van der Waals surface area (Å²) in [6, 6.07) is 7.46. The predicted octanol–water partition coefficient (Wildman–Crippen LogP) is 3.20. The number of rotatable bonds is 5. The van der Waals surface area contributed by atoms with Gasteiger partial charge in [0.05, 0.1) is 12.5 Å². The van der Waals surface area contributed by atoms with Gasteiger partial charge in [-0.3, -0.25) is 14.4 Å². The van der Waals surface area contributed by atoms with Crippen LogP contribution in [0.25, 0.3) is 6.08 Å². The van der Waals surface area contributed by atoms with Crippen LogP contribution in [0.3, 0.4) is 0 Å². The number of fused-ring (bicyclic) bond motifs is 1. The molecular formula is C21H26N2O4. The Morgan fingerprint density at radius 3 is 2.70 bits per heavy atom. The van der Waals surface area contributed by atoms with Crippen molar-refractivity contribution in [1.82, 2.24) is 9.80 Å². The highest BCUT2D eigenvalue weighted by Crippen LogP contribution is 2.34. The van der Waals surface area contributed by atoms with E-state index < -0.39 is 5.97 Å². The topological polar surface area (TPSA) is 77.9 Å². The number of hydrogen-bond donors (Lipinski definition) is 1. The van der Waals surface area contributed by atoms with Crippen LogP contribution in [0.4, 0.5) is 0 Å². The minimum absolute atomic E-state index is 0.00792. The number of carboxylic acids is 1. The van der Waals surface area contributed by atoms with Crippen molar-refractivity contribution in [3.63, 3.8) is 0 Å². The lowest BCUT2D eigenvalue weighted by Crippen LogP contribution is -2.45. The summed E-state index contributed by atoms with van der Waals surface area (Å²) in [5.41, 5.74) is 2.00. The van der Waals surface area contributed by atoms with Gasteiger partial charge < -0.3 is 14.9 Å². The van der Waals surface area contributed by atoms with E-state index in [9.17, 15) is 14.4 Å². The van der Waals surface area contributed by atoms with E-state index in [1.165, 1.54) is 6.92 Å². The van der Waals surface area contributed by atoms with Crippen LogP contribution in [0, 0.1) is 0 Å². The molecule has 1 fully saturated rings. The summed E-state index contributed by atoms with van der Waals surface area (Å²) in [6.07, 6.45) is 7.22. The first kappa shape index (κ1) is 19.1. The highest BCUT2D eigenvalue weighted by molar-refractivity contribution is 5.82. The molecule has 0 spiro atoms. The maximum absolute atomic E-state index is 13.1. The molecule has 2 atom stereocenters. The van der Waals surface area contributed by atoms with Crippen molar-refractivity contribution < 1.29 is 19.5 Å². The first-order valence-electron chi connectivity index (χ1n) is 9.54. The molecule has 2 aliphatic rings. The average Bonchev–Trinajstić information content (AvgIpc) is 2.66. The van der Waals surface area contributed by atoms with E-state index in [4.69, 9.17) is 5.11 Å². The maximum Gasteiger partial charge on any atom is 0.303 e. The van der Waals surface area contributed by atoms with Crippen molar-refractivity contribution in [3.8, 4) is 0 Å². The van der Waals surface area contributed by atoms with Crippen LogP contribution in [-0.2, 0) is 14.4 Å². The summed E-state index contributed by atoms with van der Waals surface area (Å²) >= 11 is 0. The summed E-state index contributed by atoms with van der Waals surface area (Å²) in [4.78, 5) is 39.6. The van der Waals surface area contributed by atoms with E-state index in [0.717, 1.165) is 30.4 Å². The molecule has 144 valence electrons. The first-order chi connectivity index (χ1) is 13.0. The summed E-state index contributed by atoms with van der Waals surface area (Å²) in [6.45, 7) is 2.17. The number of carbonyl (C=O) groups is 3. The molecule has 1 aromatic rings. The van der Waals surface area contributed by atoms with Crippen LogP contribution in [0.2, 0.25) is 0 Å². The molecule has 6 heteroatoms. The number of likely N-dealkylation sites (tertiary alicyclic amines) is 1. The van der Waals surface area contributed by atoms with Gasteiger partial charge in [0.25, 0.3) is 0 Å². The third-order valence-corrected chi connectivity index (χ3v) is 5.48. The van der Waals surface area contributed by atoms with E-state index in [1.54, 1.807) is 11.1 Å². The van der Waals surface area contributed by atoms with Crippen LogP contribution in [0.1, 0.15) is 62.6 Å². The molecule has 1 N–H and O–H groups in total. The Morgan fingerprint density at radius 2 is 1.96 bits per heavy atom. The van der Waals surface area contributed by atoms with E-state index >= 15 is 0 Å². The minimum atomic E-state index is -0.831. The highest BCUT2D eigenvalue weighted by atomic mass is 16.4. The Labute approximate surface area is 159 Å². The zero-order valence-electron chi connectivity index (χ0n) is 15.6. The van der Waals surface area contributed by atoms with Gasteiger partial charge in [-0.15, -0.1) is 0 Å². The van der Waals surface area contributed by atoms with Gasteiger partial charge in [0.15, 0.2) is 0 Å². The molecule has 0 unspecified atom stereocenters. The van der Waals surface area contributed by atoms with E-state index in [2.05, 4.69) is 0 Å². The van der Waals surface area contributed by atoms with Gasteiger partial charge in [0.1, 0.15) is 0 Å². The summed E-state index contributed by atoms with van der Waals surface area (Å²) in [5, 5.41) is 8.98. The van der Waals surface area contributed by atoms with Crippen LogP contribution in [-0.4, -0.2) is 45.3 Å². The summed E-state index contributed by atoms with van der Waals surface area (Å²) in [5.74, 6) is -0.937. The fourth-order valence-electron chi connectivity index (χ4n) is 4.11. The molecule has 2 aliphatic heterocycles. The molecule has 3 rings (SSSR count).